The Morgan fingerprint density at radius 3 is 2.38 bits per heavy atom. The summed E-state index contributed by atoms with van der Waals surface area (Å²) in [6.07, 6.45) is 7.06. The minimum absolute atomic E-state index is 0.0814. The van der Waals surface area contributed by atoms with Crippen molar-refractivity contribution in [2.45, 2.75) is 129 Å². The SMILES string of the molecule is CO[C@@H]([C@@H](C)O)[C@@H](C)OC(C)(C)C[C@H](C)/C=C/C=C(\C)[C@H]1O[C@@H](CC(=O)N[C@H](CCCOC(=O)N2CCN(C)CC2)C(=O)O)CC[C@@H]1C. The van der Waals surface area contributed by atoms with Gasteiger partial charge < -0.3 is 44.3 Å². The van der Waals surface area contributed by atoms with Gasteiger partial charge in [0.1, 0.15) is 12.1 Å². The molecule has 0 saturated carbocycles. The second-order valence-electron chi connectivity index (χ2n) is 14.4. The van der Waals surface area contributed by atoms with Gasteiger partial charge in [0.2, 0.25) is 5.91 Å². The largest absolute Gasteiger partial charge is 0.480 e. The summed E-state index contributed by atoms with van der Waals surface area (Å²) in [5.41, 5.74) is 0.647. The standard InChI is InChI=1S/C36H63N3O9/c1-24(23-36(6,7)48-28(5)33(45-9)27(4)40)12-10-13-25(2)32-26(3)15-16-29(47-32)22-31(41)37-30(34(42)43)14-11-21-46-35(44)39-19-17-38(8)18-20-39/h10,12-13,24,26-30,32-33,40H,11,14-23H2,1-9H3,(H,37,41)(H,42,43)/b12-10+,25-13+/t24-,26+,27-,28-,29-,30-,32-,33+/m1/s1. The van der Waals surface area contributed by atoms with Gasteiger partial charge in [0.25, 0.3) is 0 Å². The number of nitrogens with one attached hydrogen (secondary N) is 1. The molecule has 2 fully saturated rings. The maximum absolute atomic E-state index is 12.9. The zero-order valence-electron chi connectivity index (χ0n) is 30.8. The van der Waals surface area contributed by atoms with Gasteiger partial charge in [0.15, 0.2) is 0 Å². The van der Waals surface area contributed by atoms with E-state index in [1.165, 1.54) is 0 Å². The van der Waals surface area contributed by atoms with E-state index in [2.05, 4.69) is 36.2 Å². The van der Waals surface area contributed by atoms with Crippen molar-refractivity contribution in [1.82, 2.24) is 15.1 Å². The predicted molar refractivity (Wildman–Crippen MR) is 185 cm³/mol. The van der Waals surface area contributed by atoms with E-state index in [0.29, 0.717) is 19.5 Å². The number of allylic oxidation sites excluding steroid dienone is 3. The lowest BCUT2D eigenvalue weighted by atomic mass is 9.88. The number of carboxylic acid groups (broad SMARTS) is 1. The molecule has 0 unspecified atom stereocenters. The Kier molecular flexibility index (Phi) is 17.6. The number of aliphatic carboxylic acids is 1. The van der Waals surface area contributed by atoms with Crippen LogP contribution in [0, 0.1) is 11.8 Å². The summed E-state index contributed by atoms with van der Waals surface area (Å²) in [6, 6.07) is -1.06. The summed E-state index contributed by atoms with van der Waals surface area (Å²) < 4.78 is 23.4. The number of carbonyl (C=O) groups is 3. The van der Waals surface area contributed by atoms with E-state index in [4.69, 9.17) is 18.9 Å². The van der Waals surface area contributed by atoms with Gasteiger partial charge in [-0.25, -0.2) is 9.59 Å². The molecular formula is C36H63N3O9. The van der Waals surface area contributed by atoms with E-state index in [1.807, 2.05) is 40.8 Å². The molecule has 8 atom stereocenters. The molecule has 12 nitrogen and oxygen atoms in total. The molecule has 2 saturated heterocycles. The van der Waals surface area contributed by atoms with Crippen LogP contribution in [0.1, 0.15) is 87.0 Å². The van der Waals surface area contributed by atoms with Crippen molar-refractivity contribution in [1.29, 1.82) is 0 Å². The normalized spacial score (nSPS) is 24.5. The Morgan fingerprint density at radius 1 is 1.10 bits per heavy atom. The Bertz CT molecular complexity index is 1070. The van der Waals surface area contributed by atoms with Crippen molar-refractivity contribution in [3.05, 3.63) is 23.8 Å². The molecule has 12 heteroatoms. The molecule has 48 heavy (non-hydrogen) atoms. The van der Waals surface area contributed by atoms with Crippen LogP contribution >= 0.6 is 0 Å². The topological polar surface area (TPSA) is 147 Å². The monoisotopic (exact) mass is 681 g/mol. The second kappa shape index (κ2) is 20.2. The zero-order valence-corrected chi connectivity index (χ0v) is 30.8. The van der Waals surface area contributed by atoms with Crippen LogP contribution in [-0.2, 0) is 28.5 Å². The van der Waals surface area contributed by atoms with Crippen molar-refractivity contribution < 1.29 is 43.5 Å². The number of carboxylic acids is 1. The van der Waals surface area contributed by atoms with Crippen LogP contribution in [0.4, 0.5) is 4.79 Å². The minimum atomic E-state index is -1.12. The Labute approximate surface area is 288 Å². The summed E-state index contributed by atoms with van der Waals surface area (Å²) in [5, 5.41) is 22.3. The average Bonchev–Trinajstić information content (AvgIpc) is 2.99. The van der Waals surface area contributed by atoms with Crippen molar-refractivity contribution in [2.24, 2.45) is 11.8 Å². The highest BCUT2D eigenvalue weighted by molar-refractivity contribution is 5.83. The number of amides is 2. The lowest BCUT2D eigenvalue weighted by Gasteiger charge is -2.35. The summed E-state index contributed by atoms with van der Waals surface area (Å²) in [7, 11) is 3.58. The second-order valence-corrected chi connectivity index (χ2v) is 14.4. The third-order valence-corrected chi connectivity index (χ3v) is 9.25. The number of aliphatic hydroxyl groups is 1. The fourth-order valence-electron chi connectivity index (χ4n) is 6.70. The number of methoxy groups -OCH3 is 1. The molecule has 0 aliphatic carbocycles. The van der Waals surface area contributed by atoms with Crippen molar-refractivity contribution in [3.8, 4) is 0 Å². The zero-order chi connectivity index (χ0) is 36.0. The third-order valence-electron chi connectivity index (χ3n) is 9.25. The van der Waals surface area contributed by atoms with E-state index < -0.39 is 29.8 Å². The number of carbonyl (C=O) groups excluding carboxylic acids is 2. The van der Waals surface area contributed by atoms with Crippen LogP contribution < -0.4 is 5.32 Å². The van der Waals surface area contributed by atoms with Gasteiger partial charge in [-0.05, 0) is 91.2 Å². The fraction of sp³-hybridized carbons (Fsp3) is 0.806. The van der Waals surface area contributed by atoms with Crippen molar-refractivity contribution in [2.75, 3.05) is 46.9 Å². The number of ether oxygens (including phenoxy) is 4. The minimum Gasteiger partial charge on any atom is -0.480 e. The number of piperazine rings is 1. The lowest BCUT2D eigenvalue weighted by Crippen LogP contribution is -2.47. The highest BCUT2D eigenvalue weighted by Crippen LogP contribution is 2.31. The first-order valence-corrected chi connectivity index (χ1v) is 17.5. The molecule has 3 N–H and O–H groups in total. The Hall–Kier alpha value is -2.51. The van der Waals surface area contributed by atoms with E-state index in [1.54, 1.807) is 18.9 Å². The van der Waals surface area contributed by atoms with E-state index in [0.717, 1.165) is 37.9 Å². The van der Waals surface area contributed by atoms with Gasteiger partial charge in [-0.3, -0.25) is 4.79 Å². The highest BCUT2D eigenvalue weighted by atomic mass is 16.6. The molecule has 2 aliphatic heterocycles. The molecule has 0 aromatic heterocycles. The first-order chi connectivity index (χ1) is 22.5. The van der Waals surface area contributed by atoms with Crippen LogP contribution in [-0.4, -0.2) is 127 Å². The molecular weight excluding hydrogens is 618 g/mol. The predicted octanol–water partition coefficient (Wildman–Crippen LogP) is 4.40. The maximum Gasteiger partial charge on any atom is 0.409 e. The molecule has 0 radical (unpaired) electrons. The van der Waals surface area contributed by atoms with Crippen molar-refractivity contribution in [3.63, 3.8) is 0 Å². The van der Waals surface area contributed by atoms with Crippen molar-refractivity contribution >= 4 is 18.0 Å². The van der Waals surface area contributed by atoms with Gasteiger partial charge in [-0.15, -0.1) is 0 Å². The summed E-state index contributed by atoms with van der Waals surface area (Å²) in [4.78, 5) is 40.8. The molecule has 0 spiro atoms. The Morgan fingerprint density at radius 2 is 1.77 bits per heavy atom. The molecule has 2 amide bonds. The fourth-order valence-corrected chi connectivity index (χ4v) is 6.70. The summed E-state index contributed by atoms with van der Waals surface area (Å²) in [6.45, 7) is 16.9. The first kappa shape index (κ1) is 41.7. The number of hydrogen-bond donors (Lipinski definition) is 3. The first-order valence-electron chi connectivity index (χ1n) is 17.5. The van der Waals surface area contributed by atoms with Crippen LogP contribution in [0.5, 0.6) is 0 Å². The van der Waals surface area contributed by atoms with Gasteiger partial charge >= 0.3 is 12.1 Å². The van der Waals surface area contributed by atoms with Gasteiger partial charge in [0, 0.05) is 33.3 Å². The Balaban J connectivity index is 1.82. The third kappa shape index (κ3) is 14.5. The number of hydrogen-bond acceptors (Lipinski definition) is 9. The van der Waals surface area contributed by atoms with Gasteiger partial charge in [-0.1, -0.05) is 32.1 Å². The lowest BCUT2D eigenvalue weighted by molar-refractivity contribution is -0.149. The average molecular weight is 682 g/mol. The highest BCUT2D eigenvalue weighted by Gasteiger charge is 2.32. The summed E-state index contributed by atoms with van der Waals surface area (Å²) in [5.74, 6) is -0.970. The van der Waals surface area contributed by atoms with Crippen LogP contribution in [0.25, 0.3) is 0 Å². The van der Waals surface area contributed by atoms with Gasteiger partial charge in [0.05, 0.1) is 43.0 Å². The van der Waals surface area contributed by atoms with Crippen LogP contribution in [0.2, 0.25) is 0 Å². The quantitative estimate of drug-likeness (QED) is 0.141. The molecule has 0 bridgehead atoms. The van der Waals surface area contributed by atoms with E-state index in [-0.39, 0.29) is 61.6 Å². The molecule has 276 valence electrons. The van der Waals surface area contributed by atoms with Crippen LogP contribution in [0.3, 0.4) is 0 Å². The molecule has 2 heterocycles. The summed E-state index contributed by atoms with van der Waals surface area (Å²) >= 11 is 0. The van der Waals surface area contributed by atoms with E-state index >= 15 is 0 Å². The number of likely N-dealkylation sites (N-methyl/N-ethyl adjacent to an activating group) is 1. The van der Waals surface area contributed by atoms with Crippen LogP contribution in [0.15, 0.2) is 23.8 Å². The van der Waals surface area contributed by atoms with E-state index in [9.17, 15) is 24.6 Å². The number of rotatable bonds is 18. The smallest absolute Gasteiger partial charge is 0.409 e. The number of nitrogens with zero attached hydrogens (tertiary/aromatic N) is 2. The molecule has 2 rings (SSSR count). The maximum atomic E-state index is 12.9. The molecule has 0 aromatic carbocycles. The number of aliphatic hydroxyl groups excluding tert-OH is 1. The molecule has 2 aliphatic rings. The van der Waals surface area contributed by atoms with Gasteiger partial charge in [-0.2, -0.15) is 0 Å². The molecule has 0 aromatic rings.